The first kappa shape index (κ1) is 13.4. The third-order valence-corrected chi connectivity index (χ3v) is 5.47. The van der Waals surface area contributed by atoms with Crippen molar-refractivity contribution < 1.29 is 14.3 Å². The van der Waals surface area contributed by atoms with Crippen LogP contribution in [0.3, 0.4) is 0 Å². The van der Waals surface area contributed by atoms with Gasteiger partial charge in [-0.3, -0.25) is 9.59 Å². The lowest BCUT2D eigenvalue weighted by atomic mass is 9.70. The Morgan fingerprint density at radius 1 is 1.33 bits per heavy atom. The maximum absolute atomic E-state index is 11.7. The van der Waals surface area contributed by atoms with E-state index in [-0.39, 0.29) is 35.4 Å². The normalized spacial score (nSPS) is 36.4. The molecule has 0 aromatic carbocycles. The van der Waals surface area contributed by atoms with Crippen LogP contribution in [0.15, 0.2) is 0 Å². The fourth-order valence-electron chi connectivity index (χ4n) is 3.71. The molecule has 2 aliphatic rings. The van der Waals surface area contributed by atoms with Gasteiger partial charge >= 0.3 is 5.97 Å². The van der Waals surface area contributed by atoms with Crippen molar-refractivity contribution in [2.45, 2.75) is 53.1 Å². The number of carbonyl (C=O) groups is 2. The summed E-state index contributed by atoms with van der Waals surface area (Å²) < 4.78 is 5.58. The molecule has 18 heavy (non-hydrogen) atoms. The first-order valence-corrected chi connectivity index (χ1v) is 6.71. The zero-order valence-electron chi connectivity index (χ0n) is 11.7. The monoisotopic (exact) mass is 253 g/mol. The molecule has 2 rings (SSSR count). The van der Waals surface area contributed by atoms with Gasteiger partial charge in [0, 0.05) is 12.3 Å². The van der Waals surface area contributed by atoms with Crippen LogP contribution in [0, 0.1) is 16.7 Å². The average molecular weight is 253 g/mol. The lowest BCUT2D eigenvalue weighted by Crippen LogP contribution is -2.40. The van der Waals surface area contributed by atoms with E-state index in [1.165, 1.54) is 13.3 Å². The average Bonchev–Trinajstić information content (AvgIpc) is 2.59. The minimum absolute atomic E-state index is 0.00695. The summed E-state index contributed by atoms with van der Waals surface area (Å²) in [6, 6.07) is 0. The molecular formula is C14H23NO3. The molecule has 0 spiro atoms. The number of amides is 1. The van der Waals surface area contributed by atoms with Gasteiger partial charge in [0.1, 0.15) is 12.6 Å². The minimum Gasteiger partial charge on any atom is -0.460 e. The van der Waals surface area contributed by atoms with Crippen LogP contribution in [0.25, 0.3) is 0 Å². The molecule has 0 heterocycles. The molecule has 2 aliphatic carbocycles. The first-order valence-electron chi connectivity index (χ1n) is 6.71. The van der Waals surface area contributed by atoms with Gasteiger partial charge in [-0.1, -0.05) is 20.8 Å². The van der Waals surface area contributed by atoms with Gasteiger partial charge in [0.05, 0.1) is 0 Å². The van der Waals surface area contributed by atoms with Crippen molar-refractivity contribution in [2.75, 3.05) is 6.54 Å². The molecule has 102 valence electrons. The summed E-state index contributed by atoms with van der Waals surface area (Å²) >= 11 is 0. The lowest BCUT2D eigenvalue weighted by molar-refractivity contribution is -0.156. The van der Waals surface area contributed by atoms with E-state index < -0.39 is 0 Å². The standard InChI is InChI=1S/C14H23NO3/c1-9(16)15-8-12(17)18-11-7-10-5-6-14(11,4)13(10,2)3/h10-11H,5-8H2,1-4H3,(H,15,16). The molecule has 3 atom stereocenters. The van der Waals surface area contributed by atoms with Crippen LogP contribution < -0.4 is 5.32 Å². The highest BCUT2D eigenvalue weighted by Crippen LogP contribution is 2.66. The van der Waals surface area contributed by atoms with Crippen LogP contribution in [0.5, 0.6) is 0 Å². The van der Waals surface area contributed by atoms with Crippen LogP contribution in [-0.4, -0.2) is 24.5 Å². The first-order chi connectivity index (χ1) is 8.27. The van der Waals surface area contributed by atoms with E-state index in [9.17, 15) is 9.59 Å². The van der Waals surface area contributed by atoms with Crippen molar-refractivity contribution in [1.29, 1.82) is 0 Å². The molecule has 4 heteroatoms. The van der Waals surface area contributed by atoms with Gasteiger partial charge in [-0.05, 0) is 30.6 Å². The largest absolute Gasteiger partial charge is 0.460 e. The van der Waals surface area contributed by atoms with Crippen molar-refractivity contribution >= 4 is 11.9 Å². The van der Waals surface area contributed by atoms with E-state index in [0.717, 1.165) is 12.8 Å². The second-order valence-electron chi connectivity index (χ2n) is 6.50. The van der Waals surface area contributed by atoms with Crippen LogP contribution in [-0.2, 0) is 14.3 Å². The van der Waals surface area contributed by atoms with E-state index in [0.29, 0.717) is 5.92 Å². The number of fused-ring (bicyclic) bond motifs is 2. The molecule has 0 aliphatic heterocycles. The lowest BCUT2D eigenvalue weighted by Gasteiger charge is -2.38. The molecular weight excluding hydrogens is 230 g/mol. The fraction of sp³-hybridized carbons (Fsp3) is 0.857. The van der Waals surface area contributed by atoms with Crippen LogP contribution in [0.2, 0.25) is 0 Å². The van der Waals surface area contributed by atoms with Crippen molar-refractivity contribution in [3.63, 3.8) is 0 Å². The number of carbonyl (C=O) groups excluding carboxylic acids is 2. The quantitative estimate of drug-likeness (QED) is 0.781. The Morgan fingerprint density at radius 2 is 2.00 bits per heavy atom. The van der Waals surface area contributed by atoms with Crippen LogP contribution in [0.1, 0.15) is 47.0 Å². The van der Waals surface area contributed by atoms with Gasteiger partial charge in [-0.15, -0.1) is 0 Å². The number of rotatable bonds is 3. The van der Waals surface area contributed by atoms with Crippen molar-refractivity contribution in [1.82, 2.24) is 5.32 Å². The van der Waals surface area contributed by atoms with E-state index >= 15 is 0 Å². The molecule has 0 aromatic heterocycles. The Balaban J connectivity index is 1.96. The predicted molar refractivity (Wildman–Crippen MR) is 67.8 cm³/mol. The van der Waals surface area contributed by atoms with Gasteiger partial charge in [-0.2, -0.15) is 0 Å². The maximum Gasteiger partial charge on any atom is 0.325 e. The molecule has 0 aromatic rings. The highest BCUT2D eigenvalue weighted by Gasteiger charge is 2.62. The number of nitrogens with one attached hydrogen (secondary N) is 1. The molecule has 2 bridgehead atoms. The number of ether oxygens (including phenoxy) is 1. The summed E-state index contributed by atoms with van der Waals surface area (Å²) in [7, 11) is 0. The van der Waals surface area contributed by atoms with E-state index in [4.69, 9.17) is 4.74 Å². The summed E-state index contributed by atoms with van der Waals surface area (Å²) in [5, 5.41) is 2.48. The van der Waals surface area contributed by atoms with Gasteiger partial charge in [0.15, 0.2) is 0 Å². The molecule has 2 saturated carbocycles. The Kier molecular flexibility index (Phi) is 3.16. The Bertz CT molecular complexity index is 377. The fourth-order valence-corrected chi connectivity index (χ4v) is 3.71. The summed E-state index contributed by atoms with van der Waals surface area (Å²) in [6.45, 7) is 8.18. The predicted octanol–water partition coefficient (Wildman–Crippen LogP) is 1.88. The topological polar surface area (TPSA) is 55.4 Å². The Labute approximate surface area is 108 Å². The highest BCUT2D eigenvalue weighted by atomic mass is 16.5. The van der Waals surface area contributed by atoms with Crippen LogP contribution >= 0.6 is 0 Å². The summed E-state index contributed by atoms with van der Waals surface area (Å²) in [5.74, 6) is 0.132. The molecule has 1 amide bonds. The number of hydrogen-bond acceptors (Lipinski definition) is 3. The Morgan fingerprint density at radius 3 is 2.44 bits per heavy atom. The summed E-state index contributed by atoms with van der Waals surface area (Å²) in [5.41, 5.74) is 0.329. The maximum atomic E-state index is 11.7. The van der Waals surface area contributed by atoms with Gasteiger partial charge in [0.25, 0.3) is 0 Å². The van der Waals surface area contributed by atoms with E-state index in [2.05, 4.69) is 26.1 Å². The molecule has 0 radical (unpaired) electrons. The third kappa shape index (κ3) is 1.91. The highest BCUT2D eigenvalue weighted by molar-refractivity contribution is 5.80. The van der Waals surface area contributed by atoms with E-state index in [1.54, 1.807) is 0 Å². The smallest absolute Gasteiger partial charge is 0.325 e. The third-order valence-electron chi connectivity index (χ3n) is 5.47. The van der Waals surface area contributed by atoms with Crippen LogP contribution in [0.4, 0.5) is 0 Å². The number of esters is 1. The van der Waals surface area contributed by atoms with E-state index in [1.807, 2.05) is 0 Å². The van der Waals surface area contributed by atoms with Crippen molar-refractivity contribution in [2.24, 2.45) is 16.7 Å². The molecule has 2 fully saturated rings. The molecule has 3 unspecified atom stereocenters. The summed E-state index contributed by atoms with van der Waals surface area (Å²) in [4.78, 5) is 22.5. The van der Waals surface area contributed by atoms with Gasteiger partial charge in [-0.25, -0.2) is 0 Å². The molecule has 1 N–H and O–H groups in total. The second kappa shape index (κ2) is 4.25. The summed E-state index contributed by atoms with van der Waals surface area (Å²) in [6.07, 6.45) is 3.34. The number of hydrogen-bond donors (Lipinski definition) is 1. The van der Waals surface area contributed by atoms with Crippen molar-refractivity contribution in [3.8, 4) is 0 Å². The van der Waals surface area contributed by atoms with Gasteiger partial charge in [0.2, 0.25) is 5.91 Å². The minimum atomic E-state index is -0.320. The second-order valence-corrected chi connectivity index (χ2v) is 6.50. The SMILES string of the molecule is CC(=O)NCC(=O)OC1CC2CCC1(C)C2(C)C. The zero-order chi connectivity index (χ0) is 13.6. The molecule has 0 saturated heterocycles. The molecule has 4 nitrogen and oxygen atoms in total. The Hall–Kier alpha value is -1.06. The zero-order valence-corrected chi connectivity index (χ0v) is 11.7. The van der Waals surface area contributed by atoms with Gasteiger partial charge < -0.3 is 10.1 Å². The van der Waals surface area contributed by atoms with Crippen molar-refractivity contribution in [3.05, 3.63) is 0 Å².